The second kappa shape index (κ2) is 6.61. The molecule has 0 saturated carbocycles. The maximum atomic E-state index is 6.08. The smallest absolute Gasteiger partial charge is 0.0771 e. The molecule has 1 aliphatic heterocycles. The fourth-order valence-corrected chi connectivity index (χ4v) is 3.89. The Kier molecular flexibility index (Phi) is 4.35. The summed E-state index contributed by atoms with van der Waals surface area (Å²) in [6.07, 6.45) is 6.62. The molecule has 4 heteroatoms. The second-order valence-electron chi connectivity index (χ2n) is 6.10. The van der Waals surface area contributed by atoms with Crippen LogP contribution in [0.15, 0.2) is 48.7 Å². The van der Waals surface area contributed by atoms with Crippen LogP contribution in [0.25, 0.3) is 3.58 Å². The topological polar surface area (TPSA) is 25.4 Å². The molecule has 0 N–H and O–H groups in total. The van der Waals surface area contributed by atoms with Gasteiger partial charge in [-0.15, -0.1) is 0 Å². The molecular formula is C19H19IN2O. The van der Waals surface area contributed by atoms with Crippen LogP contribution in [-0.4, -0.2) is 24.2 Å². The normalized spacial score (nSPS) is 19.8. The molecule has 0 bridgehead atoms. The molecule has 1 fully saturated rings. The molecule has 1 saturated heterocycles. The monoisotopic (exact) mass is 418 g/mol. The molecule has 23 heavy (non-hydrogen) atoms. The maximum Gasteiger partial charge on any atom is 0.0771 e. The van der Waals surface area contributed by atoms with E-state index in [-0.39, 0.29) is 0 Å². The predicted octanol–water partition coefficient (Wildman–Crippen LogP) is 4.21. The molecule has 1 aliphatic carbocycles. The number of fused-ring (bicyclic) bond motifs is 1. The molecule has 1 aromatic heterocycles. The summed E-state index contributed by atoms with van der Waals surface area (Å²) in [6, 6.07) is 12.7. The van der Waals surface area contributed by atoms with Gasteiger partial charge in [0, 0.05) is 28.7 Å². The Labute approximate surface area is 150 Å². The highest BCUT2D eigenvalue weighted by molar-refractivity contribution is 14.1. The number of ether oxygens (including phenoxy) is 1. The number of halogens is 1. The van der Waals surface area contributed by atoms with Crippen molar-refractivity contribution in [2.24, 2.45) is 0 Å². The number of hydrogen-bond acceptors (Lipinski definition) is 3. The highest BCUT2D eigenvalue weighted by Gasteiger charge is 2.25. The van der Waals surface area contributed by atoms with E-state index in [1.807, 2.05) is 12.3 Å². The second-order valence-corrected chi connectivity index (χ2v) is 7.26. The summed E-state index contributed by atoms with van der Waals surface area (Å²) in [5.74, 6) is 0. The molecule has 3 nitrogen and oxygen atoms in total. The number of pyridine rings is 1. The summed E-state index contributed by atoms with van der Waals surface area (Å²) in [6.45, 7) is 2.69. The Morgan fingerprint density at radius 2 is 2.13 bits per heavy atom. The summed E-state index contributed by atoms with van der Waals surface area (Å²) in [5.41, 5.74) is 4.97. The van der Waals surface area contributed by atoms with Crippen LogP contribution in [0, 0.1) is 0 Å². The zero-order chi connectivity index (χ0) is 15.6. The molecule has 1 aromatic carbocycles. The van der Waals surface area contributed by atoms with Crippen molar-refractivity contribution in [1.82, 2.24) is 4.98 Å². The Morgan fingerprint density at radius 3 is 3.00 bits per heavy atom. The number of rotatable bonds is 4. The first kappa shape index (κ1) is 15.1. The van der Waals surface area contributed by atoms with Gasteiger partial charge in [-0.1, -0.05) is 36.4 Å². The van der Waals surface area contributed by atoms with Gasteiger partial charge in [0.05, 0.1) is 30.3 Å². The zero-order valence-corrected chi connectivity index (χ0v) is 15.1. The van der Waals surface area contributed by atoms with E-state index < -0.39 is 0 Å². The lowest BCUT2D eigenvalue weighted by molar-refractivity contribution is 0.0553. The van der Waals surface area contributed by atoms with Crippen LogP contribution in [0.5, 0.6) is 0 Å². The van der Waals surface area contributed by atoms with Crippen molar-refractivity contribution < 1.29 is 4.74 Å². The van der Waals surface area contributed by atoms with Gasteiger partial charge >= 0.3 is 0 Å². The lowest BCUT2D eigenvalue weighted by Crippen LogP contribution is -2.23. The maximum absolute atomic E-state index is 6.08. The lowest BCUT2D eigenvalue weighted by atomic mass is 10.2. The molecule has 0 radical (unpaired) electrons. The lowest BCUT2D eigenvalue weighted by Gasteiger charge is -2.19. The Balaban J connectivity index is 1.39. The van der Waals surface area contributed by atoms with Crippen LogP contribution in [0.3, 0.4) is 0 Å². The first-order valence-corrected chi connectivity index (χ1v) is 9.13. The SMILES string of the molecule is IC1=CCc2ncc(N3CCC(OCc4ccccc4)C3)cc21. The van der Waals surface area contributed by atoms with Crippen LogP contribution >= 0.6 is 22.6 Å². The van der Waals surface area contributed by atoms with Gasteiger partial charge in [0.2, 0.25) is 0 Å². The van der Waals surface area contributed by atoms with Crippen molar-refractivity contribution in [3.05, 3.63) is 65.5 Å². The van der Waals surface area contributed by atoms with Gasteiger partial charge < -0.3 is 9.64 Å². The van der Waals surface area contributed by atoms with E-state index in [1.165, 1.54) is 26.1 Å². The van der Waals surface area contributed by atoms with Gasteiger partial charge in [-0.05, 0) is 40.6 Å². The summed E-state index contributed by atoms with van der Waals surface area (Å²) in [7, 11) is 0. The van der Waals surface area contributed by atoms with E-state index in [0.717, 1.165) is 25.9 Å². The van der Waals surface area contributed by atoms with E-state index in [9.17, 15) is 0 Å². The number of aromatic nitrogens is 1. The van der Waals surface area contributed by atoms with Crippen molar-refractivity contribution in [2.45, 2.75) is 25.6 Å². The Hall–Kier alpha value is -1.40. The van der Waals surface area contributed by atoms with Gasteiger partial charge in [-0.25, -0.2) is 0 Å². The van der Waals surface area contributed by atoms with E-state index in [2.05, 4.69) is 68.9 Å². The summed E-state index contributed by atoms with van der Waals surface area (Å²) < 4.78 is 7.40. The molecule has 0 spiro atoms. The molecule has 2 aliphatic rings. The first-order chi connectivity index (χ1) is 11.3. The van der Waals surface area contributed by atoms with Gasteiger partial charge in [0.15, 0.2) is 0 Å². The third-order valence-corrected chi connectivity index (χ3v) is 5.55. The molecule has 1 unspecified atom stereocenters. The summed E-state index contributed by atoms with van der Waals surface area (Å²) in [4.78, 5) is 7.03. The molecule has 2 heterocycles. The quantitative estimate of drug-likeness (QED) is 0.696. The van der Waals surface area contributed by atoms with E-state index in [0.29, 0.717) is 12.7 Å². The van der Waals surface area contributed by atoms with Gasteiger partial charge in [-0.3, -0.25) is 4.98 Å². The number of anilines is 1. The third kappa shape index (κ3) is 3.28. The van der Waals surface area contributed by atoms with Gasteiger partial charge in [-0.2, -0.15) is 0 Å². The minimum absolute atomic E-state index is 0.304. The average molecular weight is 418 g/mol. The molecule has 4 rings (SSSR count). The standard InChI is InChI=1S/C19H19IN2O/c20-18-6-7-19-17(18)10-15(11-21-19)22-9-8-16(12-22)23-13-14-4-2-1-3-5-14/h1-6,10-11,16H,7-9,12-13H2. The summed E-state index contributed by atoms with van der Waals surface area (Å²) >= 11 is 2.41. The van der Waals surface area contributed by atoms with Crippen LogP contribution in [0.2, 0.25) is 0 Å². The van der Waals surface area contributed by atoms with Crippen LogP contribution < -0.4 is 4.90 Å². The molecule has 0 amide bonds. The van der Waals surface area contributed by atoms with Crippen molar-refractivity contribution in [3.8, 4) is 0 Å². The Bertz CT molecular complexity index is 729. The number of nitrogens with zero attached hydrogens (tertiary/aromatic N) is 2. The fraction of sp³-hybridized carbons (Fsp3) is 0.316. The highest BCUT2D eigenvalue weighted by Crippen LogP contribution is 2.34. The van der Waals surface area contributed by atoms with Crippen LogP contribution in [0.4, 0.5) is 5.69 Å². The average Bonchev–Trinajstić information content (AvgIpc) is 3.21. The highest BCUT2D eigenvalue weighted by atomic mass is 127. The van der Waals surface area contributed by atoms with Crippen molar-refractivity contribution in [1.29, 1.82) is 0 Å². The fourth-order valence-electron chi connectivity index (χ4n) is 3.21. The van der Waals surface area contributed by atoms with Crippen LogP contribution in [-0.2, 0) is 17.8 Å². The van der Waals surface area contributed by atoms with Gasteiger partial charge in [0.25, 0.3) is 0 Å². The van der Waals surface area contributed by atoms with Crippen molar-refractivity contribution in [3.63, 3.8) is 0 Å². The third-order valence-electron chi connectivity index (χ3n) is 4.53. The molecular weight excluding hydrogens is 399 g/mol. The molecule has 118 valence electrons. The zero-order valence-electron chi connectivity index (χ0n) is 12.9. The number of benzene rings is 1. The van der Waals surface area contributed by atoms with E-state index >= 15 is 0 Å². The van der Waals surface area contributed by atoms with E-state index in [1.54, 1.807) is 0 Å². The summed E-state index contributed by atoms with van der Waals surface area (Å²) in [5, 5.41) is 0. The Morgan fingerprint density at radius 1 is 1.26 bits per heavy atom. The molecule has 1 atom stereocenters. The van der Waals surface area contributed by atoms with Gasteiger partial charge in [0.1, 0.15) is 0 Å². The first-order valence-electron chi connectivity index (χ1n) is 8.05. The van der Waals surface area contributed by atoms with Crippen molar-refractivity contribution in [2.75, 3.05) is 18.0 Å². The predicted molar refractivity (Wildman–Crippen MR) is 102 cm³/mol. The van der Waals surface area contributed by atoms with Crippen LogP contribution in [0.1, 0.15) is 23.2 Å². The minimum Gasteiger partial charge on any atom is -0.372 e. The van der Waals surface area contributed by atoms with Crippen molar-refractivity contribution >= 4 is 31.9 Å². The number of allylic oxidation sites excluding steroid dienone is 1. The largest absolute Gasteiger partial charge is 0.372 e. The van der Waals surface area contributed by atoms with E-state index in [4.69, 9.17) is 4.74 Å². The minimum atomic E-state index is 0.304. The molecule has 2 aromatic rings. The number of hydrogen-bond donors (Lipinski definition) is 0.